The molecular formula is C8H9BrClN. The Morgan fingerprint density at radius 1 is 1.55 bits per heavy atom. The molecule has 0 radical (unpaired) electrons. The van der Waals surface area contributed by atoms with Crippen LogP contribution in [0.2, 0.25) is 5.02 Å². The first-order chi connectivity index (χ1) is 5.29. The summed E-state index contributed by atoms with van der Waals surface area (Å²) in [6.07, 6.45) is 4.52. The third-order valence-electron chi connectivity index (χ3n) is 1.61. The first-order valence-corrected chi connectivity index (χ1v) is 4.96. The van der Waals surface area contributed by atoms with Crippen molar-refractivity contribution in [2.45, 2.75) is 18.7 Å². The molecule has 60 valence electrons. The zero-order chi connectivity index (χ0) is 8.27. The van der Waals surface area contributed by atoms with Gasteiger partial charge in [0, 0.05) is 17.7 Å². The molecule has 0 saturated carbocycles. The second-order valence-electron chi connectivity index (χ2n) is 2.25. The highest BCUT2D eigenvalue weighted by atomic mass is 79.9. The van der Waals surface area contributed by atoms with Crippen molar-refractivity contribution in [1.82, 2.24) is 4.98 Å². The Kier molecular flexibility index (Phi) is 3.34. The Morgan fingerprint density at radius 2 is 2.27 bits per heavy atom. The lowest BCUT2D eigenvalue weighted by Crippen LogP contribution is -1.91. The van der Waals surface area contributed by atoms with E-state index in [-0.39, 0.29) is 0 Å². The van der Waals surface area contributed by atoms with Gasteiger partial charge in [0.05, 0.1) is 5.02 Å². The van der Waals surface area contributed by atoms with Crippen LogP contribution in [-0.2, 0) is 11.8 Å². The van der Waals surface area contributed by atoms with E-state index in [9.17, 15) is 0 Å². The molecule has 0 bridgehead atoms. The number of hydrogen-bond donors (Lipinski definition) is 0. The van der Waals surface area contributed by atoms with Gasteiger partial charge in [0.15, 0.2) is 0 Å². The quantitative estimate of drug-likeness (QED) is 0.716. The van der Waals surface area contributed by atoms with E-state index in [1.807, 2.05) is 6.20 Å². The molecule has 1 aromatic heterocycles. The first-order valence-electron chi connectivity index (χ1n) is 3.46. The molecule has 11 heavy (non-hydrogen) atoms. The SMILES string of the molecule is CCc1cncc(Cl)c1CBr. The Labute approximate surface area is 79.9 Å². The van der Waals surface area contributed by atoms with Gasteiger partial charge in [0.2, 0.25) is 0 Å². The summed E-state index contributed by atoms with van der Waals surface area (Å²) in [5.41, 5.74) is 2.37. The number of hydrogen-bond acceptors (Lipinski definition) is 1. The smallest absolute Gasteiger partial charge is 0.0632 e. The van der Waals surface area contributed by atoms with E-state index in [1.54, 1.807) is 6.20 Å². The number of alkyl halides is 1. The van der Waals surface area contributed by atoms with Gasteiger partial charge >= 0.3 is 0 Å². The Bertz CT molecular complexity index is 250. The lowest BCUT2D eigenvalue weighted by molar-refractivity contribution is 1.07. The minimum Gasteiger partial charge on any atom is -0.263 e. The van der Waals surface area contributed by atoms with E-state index < -0.39 is 0 Å². The van der Waals surface area contributed by atoms with Crippen LogP contribution in [0.1, 0.15) is 18.1 Å². The average Bonchev–Trinajstić information content (AvgIpc) is 2.04. The summed E-state index contributed by atoms with van der Waals surface area (Å²) in [5.74, 6) is 0. The normalized spacial score (nSPS) is 10.1. The van der Waals surface area contributed by atoms with Crippen LogP contribution in [0.5, 0.6) is 0 Å². The number of rotatable bonds is 2. The fraction of sp³-hybridized carbons (Fsp3) is 0.375. The summed E-state index contributed by atoms with van der Waals surface area (Å²) in [5, 5.41) is 1.55. The second-order valence-corrected chi connectivity index (χ2v) is 3.21. The molecule has 0 aromatic carbocycles. The van der Waals surface area contributed by atoms with Crippen molar-refractivity contribution in [2.24, 2.45) is 0 Å². The first kappa shape index (κ1) is 9.01. The molecule has 1 heterocycles. The standard InChI is InChI=1S/C8H9BrClN/c1-2-6-4-11-5-8(10)7(6)3-9/h4-5H,2-3H2,1H3. The van der Waals surface area contributed by atoms with Crippen molar-refractivity contribution >= 4 is 27.5 Å². The fourth-order valence-electron chi connectivity index (χ4n) is 0.956. The van der Waals surface area contributed by atoms with Gasteiger partial charge in [0.1, 0.15) is 0 Å². The number of aromatic nitrogens is 1. The van der Waals surface area contributed by atoms with Crippen LogP contribution in [0, 0.1) is 0 Å². The van der Waals surface area contributed by atoms with E-state index in [0.717, 1.165) is 22.3 Å². The molecule has 0 unspecified atom stereocenters. The third kappa shape index (κ3) is 1.94. The van der Waals surface area contributed by atoms with Crippen LogP contribution >= 0.6 is 27.5 Å². The highest BCUT2D eigenvalue weighted by Gasteiger charge is 2.03. The van der Waals surface area contributed by atoms with Crippen LogP contribution in [-0.4, -0.2) is 4.98 Å². The maximum absolute atomic E-state index is 5.92. The monoisotopic (exact) mass is 233 g/mol. The molecule has 0 amide bonds. The number of pyridine rings is 1. The topological polar surface area (TPSA) is 12.9 Å². The van der Waals surface area contributed by atoms with Gasteiger partial charge < -0.3 is 0 Å². The van der Waals surface area contributed by atoms with Gasteiger partial charge in [-0.15, -0.1) is 0 Å². The van der Waals surface area contributed by atoms with Crippen molar-refractivity contribution in [1.29, 1.82) is 0 Å². The molecule has 0 fully saturated rings. The van der Waals surface area contributed by atoms with Gasteiger partial charge in [-0.25, -0.2) is 0 Å². The highest BCUT2D eigenvalue weighted by molar-refractivity contribution is 9.08. The zero-order valence-corrected chi connectivity index (χ0v) is 8.61. The molecule has 0 aliphatic rings. The summed E-state index contributed by atoms with van der Waals surface area (Å²) >= 11 is 9.30. The zero-order valence-electron chi connectivity index (χ0n) is 6.27. The van der Waals surface area contributed by atoms with Crippen LogP contribution < -0.4 is 0 Å². The molecule has 3 heteroatoms. The van der Waals surface area contributed by atoms with Crippen molar-refractivity contribution in [2.75, 3.05) is 0 Å². The van der Waals surface area contributed by atoms with Gasteiger partial charge in [0.25, 0.3) is 0 Å². The molecule has 1 rings (SSSR count). The molecule has 1 nitrogen and oxygen atoms in total. The van der Waals surface area contributed by atoms with Crippen LogP contribution in [0.15, 0.2) is 12.4 Å². The molecule has 0 spiro atoms. The van der Waals surface area contributed by atoms with Gasteiger partial charge in [-0.1, -0.05) is 34.5 Å². The molecule has 0 saturated heterocycles. The molecule has 1 aromatic rings. The minimum atomic E-state index is 0.751. The Hall–Kier alpha value is -0.0800. The minimum absolute atomic E-state index is 0.751. The van der Waals surface area contributed by atoms with Crippen LogP contribution in [0.25, 0.3) is 0 Å². The summed E-state index contributed by atoms with van der Waals surface area (Å²) in [6.45, 7) is 2.10. The number of nitrogens with zero attached hydrogens (tertiary/aromatic N) is 1. The van der Waals surface area contributed by atoms with Gasteiger partial charge in [-0.2, -0.15) is 0 Å². The maximum Gasteiger partial charge on any atom is 0.0632 e. The lowest BCUT2D eigenvalue weighted by Gasteiger charge is -2.04. The Morgan fingerprint density at radius 3 is 2.73 bits per heavy atom. The van der Waals surface area contributed by atoms with E-state index in [4.69, 9.17) is 11.6 Å². The van der Waals surface area contributed by atoms with Crippen LogP contribution in [0.3, 0.4) is 0 Å². The molecule has 0 aliphatic carbocycles. The van der Waals surface area contributed by atoms with Crippen molar-refractivity contribution in [3.63, 3.8) is 0 Å². The second kappa shape index (κ2) is 4.07. The summed E-state index contributed by atoms with van der Waals surface area (Å²) < 4.78 is 0. The predicted octanol–water partition coefficient (Wildman–Crippen LogP) is 3.19. The van der Waals surface area contributed by atoms with E-state index in [1.165, 1.54) is 5.56 Å². The fourth-order valence-corrected chi connectivity index (χ4v) is 2.02. The molecule has 0 atom stereocenters. The van der Waals surface area contributed by atoms with E-state index >= 15 is 0 Å². The summed E-state index contributed by atoms with van der Waals surface area (Å²) in [4.78, 5) is 4.01. The van der Waals surface area contributed by atoms with Crippen molar-refractivity contribution in [3.05, 3.63) is 28.5 Å². The Balaban J connectivity index is 3.13. The highest BCUT2D eigenvalue weighted by Crippen LogP contribution is 2.21. The number of aryl methyl sites for hydroxylation is 1. The lowest BCUT2D eigenvalue weighted by atomic mass is 10.1. The molecule has 0 N–H and O–H groups in total. The van der Waals surface area contributed by atoms with Gasteiger partial charge in [-0.3, -0.25) is 4.98 Å². The third-order valence-corrected chi connectivity index (χ3v) is 2.50. The van der Waals surface area contributed by atoms with Gasteiger partial charge in [-0.05, 0) is 17.5 Å². The number of halogens is 2. The van der Waals surface area contributed by atoms with Crippen molar-refractivity contribution < 1.29 is 0 Å². The summed E-state index contributed by atoms with van der Waals surface area (Å²) in [6, 6.07) is 0. The largest absolute Gasteiger partial charge is 0.263 e. The average molecular weight is 235 g/mol. The summed E-state index contributed by atoms with van der Waals surface area (Å²) in [7, 11) is 0. The maximum atomic E-state index is 5.92. The van der Waals surface area contributed by atoms with Crippen molar-refractivity contribution in [3.8, 4) is 0 Å². The molecular weight excluding hydrogens is 225 g/mol. The predicted molar refractivity (Wildman–Crippen MR) is 51.3 cm³/mol. The van der Waals surface area contributed by atoms with Crippen LogP contribution in [0.4, 0.5) is 0 Å². The van der Waals surface area contributed by atoms with E-state index in [0.29, 0.717) is 0 Å². The van der Waals surface area contributed by atoms with E-state index in [2.05, 4.69) is 27.8 Å². The molecule has 0 aliphatic heterocycles.